The standard InChI is InChI=1S/C17H11ClN4OS/c18-12-4-3-10(8-13(12)19)14-5-6-20-17-11(9-21-22(14)17)16(23)15-2-1-7-24-15/h1-9H,19H2. The second-order valence-electron chi connectivity index (χ2n) is 5.17. The van der Waals surface area contributed by atoms with Gasteiger partial charge in [0.05, 0.1) is 33.0 Å². The van der Waals surface area contributed by atoms with Gasteiger partial charge in [-0.05, 0) is 29.6 Å². The summed E-state index contributed by atoms with van der Waals surface area (Å²) in [5.41, 5.74) is 9.00. The van der Waals surface area contributed by atoms with Crippen LogP contribution in [0.15, 0.2) is 54.2 Å². The van der Waals surface area contributed by atoms with Crippen molar-refractivity contribution in [2.24, 2.45) is 0 Å². The van der Waals surface area contributed by atoms with E-state index in [0.717, 1.165) is 11.3 Å². The van der Waals surface area contributed by atoms with Crippen LogP contribution in [0.5, 0.6) is 0 Å². The summed E-state index contributed by atoms with van der Waals surface area (Å²) < 4.78 is 1.64. The SMILES string of the molecule is Nc1cc(-c2ccnc3c(C(=O)c4cccs4)cnn23)ccc1Cl. The Bertz CT molecular complexity index is 1060. The van der Waals surface area contributed by atoms with Gasteiger partial charge in [-0.1, -0.05) is 23.7 Å². The van der Waals surface area contributed by atoms with Gasteiger partial charge in [-0.2, -0.15) is 5.10 Å². The third kappa shape index (κ3) is 2.36. The first-order valence-electron chi connectivity index (χ1n) is 7.11. The van der Waals surface area contributed by atoms with Gasteiger partial charge in [0.2, 0.25) is 5.78 Å². The van der Waals surface area contributed by atoms with Gasteiger partial charge in [0.15, 0.2) is 5.65 Å². The van der Waals surface area contributed by atoms with Crippen LogP contribution in [0.4, 0.5) is 5.69 Å². The highest BCUT2D eigenvalue weighted by Gasteiger charge is 2.18. The van der Waals surface area contributed by atoms with Crippen LogP contribution in [0.2, 0.25) is 5.02 Å². The van der Waals surface area contributed by atoms with Crippen molar-refractivity contribution in [2.45, 2.75) is 0 Å². The lowest BCUT2D eigenvalue weighted by Gasteiger charge is -2.06. The monoisotopic (exact) mass is 354 g/mol. The number of nitrogens with zero attached hydrogens (tertiary/aromatic N) is 3. The van der Waals surface area contributed by atoms with E-state index >= 15 is 0 Å². The molecule has 0 aliphatic rings. The van der Waals surface area contributed by atoms with Crippen molar-refractivity contribution in [3.63, 3.8) is 0 Å². The molecule has 24 heavy (non-hydrogen) atoms. The lowest BCUT2D eigenvalue weighted by molar-refractivity contribution is 0.104. The van der Waals surface area contributed by atoms with Gasteiger partial charge in [-0.3, -0.25) is 4.79 Å². The van der Waals surface area contributed by atoms with E-state index in [1.165, 1.54) is 11.3 Å². The van der Waals surface area contributed by atoms with E-state index in [1.54, 1.807) is 35.1 Å². The number of ketones is 1. The van der Waals surface area contributed by atoms with Crippen LogP contribution >= 0.6 is 22.9 Å². The molecule has 0 aliphatic carbocycles. The number of aromatic nitrogens is 3. The Morgan fingerprint density at radius 1 is 1.25 bits per heavy atom. The zero-order chi connectivity index (χ0) is 16.7. The first-order chi connectivity index (χ1) is 11.6. The number of halogens is 1. The van der Waals surface area contributed by atoms with Crippen molar-refractivity contribution in [1.82, 2.24) is 14.6 Å². The average molecular weight is 355 g/mol. The van der Waals surface area contributed by atoms with Crippen LogP contribution in [0.1, 0.15) is 15.2 Å². The van der Waals surface area contributed by atoms with E-state index < -0.39 is 0 Å². The van der Waals surface area contributed by atoms with Gasteiger partial charge < -0.3 is 5.73 Å². The molecule has 3 heterocycles. The Kier molecular flexibility index (Phi) is 3.55. The maximum Gasteiger partial charge on any atom is 0.208 e. The Morgan fingerprint density at radius 2 is 2.12 bits per heavy atom. The molecule has 0 fully saturated rings. The number of benzene rings is 1. The lowest BCUT2D eigenvalue weighted by Crippen LogP contribution is -2.01. The van der Waals surface area contributed by atoms with E-state index in [4.69, 9.17) is 17.3 Å². The molecule has 118 valence electrons. The molecule has 4 rings (SSSR count). The highest BCUT2D eigenvalue weighted by molar-refractivity contribution is 7.12. The number of nitrogen functional groups attached to an aromatic ring is 1. The fraction of sp³-hybridized carbons (Fsp3) is 0. The second-order valence-corrected chi connectivity index (χ2v) is 6.52. The van der Waals surface area contributed by atoms with Gasteiger partial charge in [0.25, 0.3) is 0 Å². The van der Waals surface area contributed by atoms with E-state index in [1.807, 2.05) is 23.6 Å². The minimum Gasteiger partial charge on any atom is -0.398 e. The van der Waals surface area contributed by atoms with Gasteiger partial charge in [-0.25, -0.2) is 9.50 Å². The van der Waals surface area contributed by atoms with Crippen molar-refractivity contribution in [1.29, 1.82) is 0 Å². The zero-order valence-corrected chi connectivity index (χ0v) is 13.9. The summed E-state index contributed by atoms with van der Waals surface area (Å²) in [5.74, 6) is -0.0831. The third-order valence-corrected chi connectivity index (χ3v) is 4.90. The van der Waals surface area contributed by atoms with E-state index in [0.29, 0.717) is 26.8 Å². The molecular formula is C17H11ClN4OS. The highest BCUT2D eigenvalue weighted by Crippen LogP contribution is 2.28. The average Bonchev–Trinajstić information content (AvgIpc) is 3.26. The summed E-state index contributed by atoms with van der Waals surface area (Å²) in [4.78, 5) is 17.6. The van der Waals surface area contributed by atoms with Crippen molar-refractivity contribution in [3.05, 3.63) is 69.6 Å². The molecule has 0 spiro atoms. The van der Waals surface area contributed by atoms with E-state index in [-0.39, 0.29) is 5.78 Å². The summed E-state index contributed by atoms with van der Waals surface area (Å²) >= 11 is 7.38. The van der Waals surface area contributed by atoms with E-state index in [9.17, 15) is 4.79 Å². The zero-order valence-electron chi connectivity index (χ0n) is 12.3. The third-order valence-electron chi connectivity index (χ3n) is 3.68. The molecule has 7 heteroatoms. The molecule has 0 bridgehead atoms. The maximum absolute atomic E-state index is 12.6. The largest absolute Gasteiger partial charge is 0.398 e. The molecule has 0 radical (unpaired) electrons. The summed E-state index contributed by atoms with van der Waals surface area (Å²) in [6.07, 6.45) is 3.20. The molecule has 0 saturated heterocycles. The van der Waals surface area contributed by atoms with Crippen LogP contribution < -0.4 is 5.73 Å². The van der Waals surface area contributed by atoms with E-state index in [2.05, 4.69) is 10.1 Å². The first-order valence-corrected chi connectivity index (χ1v) is 8.37. The molecule has 0 amide bonds. The number of anilines is 1. The molecule has 3 aromatic heterocycles. The van der Waals surface area contributed by atoms with Crippen LogP contribution in [-0.4, -0.2) is 20.4 Å². The highest BCUT2D eigenvalue weighted by atomic mass is 35.5. The number of thiophene rings is 1. The number of carbonyl (C=O) groups is 1. The molecule has 1 aromatic carbocycles. The number of fused-ring (bicyclic) bond motifs is 1. The molecule has 0 saturated carbocycles. The maximum atomic E-state index is 12.6. The molecule has 0 unspecified atom stereocenters. The fourth-order valence-electron chi connectivity index (χ4n) is 2.51. The van der Waals surface area contributed by atoms with Gasteiger partial charge >= 0.3 is 0 Å². The van der Waals surface area contributed by atoms with Crippen molar-refractivity contribution in [3.8, 4) is 11.3 Å². The number of hydrogen-bond donors (Lipinski definition) is 1. The first kappa shape index (κ1) is 14.9. The van der Waals surface area contributed by atoms with Crippen LogP contribution in [0.25, 0.3) is 16.9 Å². The Balaban J connectivity index is 1.88. The summed E-state index contributed by atoms with van der Waals surface area (Å²) in [6, 6.07) is 10.8. The minimum absolute atomic E-state index is 0.0831. The number of hydrogen-bond acceptors (Lipinski definition) is 5. The van der Waals surface area contributed by atoms with Crippen molar-refractivity contribution >= 4 is 40.1 Å². The normalized spacial score (nSPS) is 11.0. The molecule has 0 atom stereocenters. The van der Waals surface area contributed by atoms with Gasteiger partial charge in [0, 0.05) is 11.8 Å². The van der Waals surface area contributed by atoms with Crippen LogP contribution in [0, 0.1) is 0 Å². The molecule has 4 aromatic rings. The Hall–Kier alpha value is -2.70. The molecule has 0 aliphatic heterocycles. The minimum atomic E-state index is -0.0831. The Morgan fingerprint density at radius 3 is 2.88 bits per heavy atom. The predicted octanol–water partition coefficient (Wildman–Crippen LogP) is 3.92. The topological polar surface area (TPSA) is 73.3 Å². The smallest absolute Gasteiger partial charge is 0.208 e. The summed E-state index contributed by atoms with van der Waals surface area (Å²) in [6.45, 7) is 0. The quantitative estimate of drug-likeness (QED) is 0.447. The summed E-state index contributed by atoms with van der Waals surface area (Å²) in [7, 11) is 0. The number of carbonyl (C=O) groups excluding carboxylic acids is 1. The Labute approximate surface area is 146 Å². The van der Waals surface area contributed by atoms with Gasteiger partial charge in [0.1, 0.15) is 0 Å². The second kappa shape index (κ2) is 5.74. The number of nitrogens with two attached hydrogens (primary N) is 1. The molecule has 5 nitrogen and oxygen atoms in total. The van der Waals surface area contributed by atoms with Crippen LogP contribution in [0.3, 0.4) is 0 Å². The van der Waals surface area contributed by atoms with Gasteiger partial charge in [-0.15, -0.1) is 11.3 Å². The number of rotatable bonds is 3. The predicted molar refractivity (Wildman–Crippen MR) is 95.6 cm³/mol. The van der Waals surface area contributed by atoms with Crippen LogP contribution in [-0.2, 0) is 0 Å². The fourth-order valence-corrected chi connectivity index (χ4v) is 3.31. The summed E-state index contributed by atoms with van der Waals surface area (Å²) in [5, 5.41) is 6.71. The molecular weight excluding hydrogens is 344 g/mol. The van der Waals surface area contributed by atoms with Crippen molar-refractivity contribution in [2.75, 3.05) is 5.73 Å². The van der Waals surface area contributed by atoms with Crippen molar-refractivity contribution < 1.29 is 4.79 Å². The lowest BCUT2D eigenvalue weighted by atomic mass is 10.1. The molecule has 2 N–H and O–H groups in total.